The third-order valence-electron chi connectivity index (χ3n) is 2.25. The first-order valence-electron chi connectivity index (χ1n) is 5.13. The highest BCUT2D eigenvalue weighted by molar-refractivity contribution is 7.89. The van der Waals surface area contributed by atoms with Crippen LogP contribution in [0.15, 0.2) is 0 Å². The maximum absolute atomic E-state index is 11.8. The molecule has 0 aliphatic rings. The first kappa shape index (κ1) is 15.8. The topological polar surface area (TPSA) is 72.6 Å². The van der Waals surface area contributed by atoms with Crippen LogP contribution in [0.3, 0.4) is 0 Å². The van der Waals surface area contributed by atoms with Crippen molar-refractivity contribution in [2.45, 2.75) is 26.3 Å². The molecule has 1 unspecified atom stereocenters. The summed E-state index contributed by atoms with van der Waals surface area (Å²) in [5.74, 6) is -0.0149. The number of nitrogens with zero attached hydrogens (tertiary/aromatic N) is 1. The molecule has 0 rings (SSSR count). The van der Waals surface area contributed by atoms with Crippen molar-refractivity contribution < 1.29 is 13.2 Å². The van der Waals surface area contributed by atoms with E-state index in [1.165, 1.54) is 11.4 Å². The van der Waals surface area contributed by atoms with Gasteiger partial charge in [-0.2, -0.15) is 0 Å². The standard InChI is InChI=1S/C9H20N2O3S2/c1-4-14-5-6-16(12,13)11(3)8(2)7-9(10)15/h8H,4-7H2,1-3H3,(H2,10,15). The molecule has 0 amide bonds. The van der Waals surface area contributed by atoms with Crippen molar-refractivity contribution >= 4 is 27.2 Å². The molecule has 2 N–H and O–H groups in total. The highest BCUT2D eigenvalue weighted by Gasteiger charge is 2.23. The van der Waals surface area contributed by atoms with Crippen LogP contribution in [-0.2, 0) is 14.8 Å². The SMILES string of the molecule is CCOCCS(=O)(=O)N(C)C(C)CC(N)=S. The van der Waals surface area contributed by atoms with Gasteiger partial charge in [-0.15, -0.1) is 0 Å². The average molecular weight is 268 g/mol. The van der Waals surface area contributed by atoms with Gasteiger partial charge in [-0.1, -0.05) is 12.2 Å². The maximum Gasteiger partial charge on any atom is 0.216 e. The predicted octanol–water partition coefficient (Wildman–Crippen LogP) is 0.349. The van der Waals surface area contributed by atoms with E-state index in [2.05, 4.69) is 0 Å². The predicted molar refractivity (Wildman–Crippen MR) is 68.9 cm³/mol. The number of rotatable bonds is 8. The normalized spacial score (nSPS) is 14.0. The van der Waals surface area contributed by atoms with E-state index in [4.69, 9.17) is 22.7 Å². The Kier molecular flexibility index (Phi) is 7.05. The lowest BCUT2D eigenvalue weighted by atomic mass is 10.2. The van der Waals surface area contributed by atoms with Crippen LogP contribution in [-0.4, -0.2) is 49.8 Å². The number of hydrogen-bond acceptors (Lipinski definition) is 4. The number of nitrogens with two attached hydrogens (primary N) is 1. The van der Waals surface area contributed by atoms with Gasteiger partial charge in [0.25, 0.3) is 0 Å². The Morgan fingerprint density at radius 2 is 2.12 bits per heavy atom. The third kappa shape index (κ3) is 5.74. The van der Waals surface area contributed by atoms with Gasteiger partial charge < -0.3 is 10.5 Å². The Balaban J connectivity index is 4.33. The molecule has 0 aliphatic heterocycles. The van der Waals surface area contributed by atoms with E-state index in [1.807, 2.05) is 6.92 Å². The molecule has 0 aromatic rings. The molecule has 0 spiro atoms. The quantitative estimate of drug-likeness (QED) is 0.508. The number of sulfonamides is 1. The molecular formula is C9H20N2O3S2. The van der Waals surface area contributed by atoms with Gasteiger partial charge in [0.15, 0.2) is 0 Å². The van der Waals surface area contributed by atoms with Crippen molar-refractivity contribution in [1.82, 2.24) is 4.31 Å². The first-order chi connectivity index (χ1) is 7.31. The number of hydrogen-bond donors (Lipinski definition) is 1. The lowest BCUT2D eigenvalue weighted by molar-refractivity contribution is 0.162. The molecule has 16 heavy (non-hydrogen) atoms. The second kappa shape index (κ2) is 7.16. The van der Waals surface area contributed by atoms with Crippen molar-refractivity contribution in [3.63, 3.8) is 0 Å². The van der Waals surface area contributed by atoms with E-state index < -0.39 is 10.0 Å². The van der Waals surface area contributed by atoms with Gasteiger partial charge in [0, 0.05) is 26.1 Å². The molecule has 96 valence electrons. The molecule has 0 aromatic carbocycles. The smallest absolute Gasteiger partial charge is 0.216 e. The zero-order chi connectivity index (χ0) is 12.8. The summed E-state index contributed by atoms with van der Waals surface area (Å²) in [7, 11) is -1.75. The van der Waals surface area contributed by atoms with E-state index in [-0.39, 0.29) is 18.4 Å². The molecule has 0 fully saturated rings. The van der Waals surface area contributed by atoms with Gasteiger partial charge in [-0.05, 0) is 13.8 Å². The third-order valence-corrected chi connectivity index (χ3v) is 4.33. The first-order valence-corrected chi connectivity index (χ1v) is 7.14. The van der Waals surface area contributed by atoms with Crippen LogP contribution in [0.4, 0.5) is 0 Å². The van der Waals surface area contributed by atoms with E-state index in [1.54, 1.807) is 6.92 Å². The molecular weight excluding hydrogens is 248 g/mol. The summed E-state index contributed by atoms with van der Waals surface area (Å²) in [5, 5.41) is 0. The molecule has 0 bridgehead atoms. The highest BCUT2D eigenvalue weighted by atomic mass is 32.2. The number of ether oxygens (including phenoxy) is 1. The van der Waals surface area contributed by atoms with Crippen molar-refractivity contribution in [2.24, 2.45) is 5.73 Å². The summed E-state index contributed by atoms with van der Waals surface area (Å²) in [6.07, 6.45) is 0.389. The second-order valence-corrected chi connectivity index (χ2v) is 6.22. The molecule has 0 heterocycles. The minimum Gasteiger partial charge on any atom is -0.393 e. The van der Waals surface area contributed by atoms with Gasteiger partial charge in [-0.25, -0.2) is 12.7 Å². The van der Waals surface area contributed by atoms with Gasteiger partial charge >= 0.3 is 0 Å². The zero-order valence-corrected chi connectivity index (χ0v) is 11.6. The molecule has 5 nitrogen and oxygen atoms in total. The number of thiocarbonyl (C=S) groups is 1. The van der Waals surface area contributed by atoms with Crippen molar-refractivity contribution in [3.8, 4) is 0 Å². The van der Waals surface area contributed by atoms with Crippen LogP contribution in [0.25, 0.3) is 0 Å². The van der Waals surface area contributed by atoms with E-state index >= 15 is 0 Å². The lowest BCUT2D eigenvalue weighted by Gasteiger charge is -2.23. The monoisotopic (exact) mass is 268 g/mol. The van der Waals surface area contributed by atoms with Gasteiger partial charge in [0.05, 0.1) is 17.3 Å². The molecule has 0 radical (unpaired) electrons. The molecule has 0 saturated heterocycles. The summed E-state index contributed by atoms with van der Waals surface area (Å²) in [6.45, 7) is 4.33. The molecule has 0 saturated carbocycles. The van der Waals surface area contributed by atoms with Crippen LogP contribution in [0.5, 0.6) is 0 Å². The lowest BCUT2D eigenvalue weighted by Crippen LogP contribution is -2.39. The summed E-state index contributed by atoms with van der Waals surface area (Å²) in [4.78, 5) is 0.319. The Morgan fingerprint density at radius 3 is 2.56 bits per heavy atom. The fraction of sp³-hybridized carbons (Fsp3) is 0.889. The highest BCUT2D eigenvalue weighted by Crippen LogP contribution is 2.08. The van der Waals surface area contributed by atoms with Gasteiger partial charge in [-0.3, -0.25) is 0 Å². The fourth-order valence-corrected chi connectivity index (χ4v) is 2.63. The summed E-state index contributed by atoms with van der Waals surface area (Å²) < 4.78 is 29.9. The second-order valence-electron chi connectivity index (χ2n) is 3.55. The largest absolute Gasteiger partial charge is 0.393 e. The molecule has 7 heteroatoms. The zero-order valence-electron chi connectivity index (χ0n) is 9.97. The summed E-state index contributed by atoms with van der Waals surface area (Å²) in [5.41, 5.74) is 5.38. The maximum atomic E-state index is 11.8. The van der Waals surface area contributed by atoms with Crippen molar-refractivity contribution in [2.75, 3.05) is 26.0 Å². The fourth-order valence-electron chi connectivity index (χ4n) is 1.15. The van der Waals surface area contributed by atoms with E-state index in [9.17, 15) is 8.42 Å². The Bertz CT molecular complexity index is 317. The van der Waals surface area contributed by atoms with Crippen LogP contribution >= 0.6 is 12.2 Å². The average Bonchev–Trinajstić information content (AvgIpc) is 2.15. The molecule has 0 aliphatic carbocycles. The van der Waals surface area contributed by atoms with Crippen molar-refractivity contribution in [1.29, 1.82) is 0 Å². The summed E-state index contributed by atoms with van der Waals surface area (Å²) in [6, 6.07) is -0.218. The van der Waals surface area contributed by atoms with Crippen LogP contribution in [0, 0.1) is 0 Å². The van der Waals surface area contributed by atoms with Crippen molar-refractivity contribution in [3.05, 3.63) is 0 Å². The Labute approximate surface area is 103 Å². The molecule has 1 atom stereocenters. The van der Waals surface area contributed by atoms with Crippen LogP contribution in [0.1, 0.15) is 20.3 Å². The van der Waals surface area contributed by atoms with Crippen LogP contribution < -0.4 is 5.73 Å². The minimum atomic E-state index is -3.28. The Morgan fingerprint density at radius 1 is 1.56 bits per heavy atom. The van der Waals surface area contributed by atoms with E-state index in [0.717, 1.165) is 0 Å². The van der Waals surface area contributed by atoms with E-state index in [0.29, 0.717) is 18.0 Å². The van der Waals surface area contributed by atoms with Crippen LogP contribution in [0.2, 0.25) is 0 Å². The Hall–Kier alpha value is -0.240. The minimum absolute atomic E-state index is 0.0149. The van der Waals surface area contributed by atoms with Gasteiger partial charge in [0.1, 0.15) is 0 Å². The summed E-state index contributed by atoms with van der Waals surface area (Å²) >= 11 is 4.75. The molecule has 0 aromatic heterocycles. The van der Waals surface area contributed by atoms with Gasteiger partial charge in [0.2, 0.25) is 10.0 Å².